The van der Waals surface area contributed by atoms with Crippen molar-refractivity contribution in [2.24, 2.45) is 0 Å². The van der Waals surface area contributed by atoms with Gasteiger partial charge < -0.3 is 0 Å². The molecule has 1 heterocycles. The molecule has 0 atom stereocenters. The molecule has 1 nitrogen and oxygen atoms in total. The van der Waals surface area contributed by atoms with Gasteiger partial charge in [-0.1, -0.05) is 68.7 Å². The van der Waals surface area contributed by atoms with Crippen LogP contribution in [-0.4, -0.2) is 4.98 Å². The Morgan fingerprint density at radius 1 is 0.826 bits per heavy atom. The molecule has 0 aliphatic heterocycles. The maximum Gasteiger partial charge on any atom is 0.0708 e. The fourth-order valence-electron chi connectivity index (χ4n) is 3.17. The number of hydrogen-bond acceptors (Lipinski definition) is 1. The van der Waals surface area contributed by atoms with Crippen molar-refractivity contribution >= 4 is 10.8 Å². The minimum atomic E-state index is 1.06. The average Bonchev–Trinajstić information content (AvgIpc) is 2.59. The Morgan fingerprint density at radius 3 is 2.39 bits per heavy atom. The van der Waals surface area contributed by atoms with Crippen molar-refractivity contribution in [2.45, 2.75) is 46.0 Å². The molecule has 0 N–H and O–H groups in total. The molecule has 0 unspecified atom stereocenters. The molecule has 0 amide bonds. The Bertz CT molecular complexity index is 772. The number of fused-ring (bicyclic) bond motifs is 1. The lowest BCUT2D eigenvalue weighted by atomic mass is 9.94. The summed E-state index contributed by atoms with van der Waals surface area (Å²) in [5, 5.41) is 2.70. The maximum absolute atomic E-state index is 4.61. The first-order chi connectivity index (χ1) is 11.3. The normalized spacial score (nSPS) is 11.0. The quantitative estimate of drug-likeness (QED) is 0.485. The first-order valence-electron chi connectivity index (χ1n) is 8.73. The Labute approximate surface area is 139 Å². The third-order valence-corrected chi connectivity index (χ3v) is 4.50. The maximum atomic E-state index is 4.61. The Balaban J connectivity index is 1.97. The summed E-state index contributed by atoms with van der Waals surface area (Å²) in [6, 6.07) is 17.5. The van der Waals surface area contributed by atoms with Gasteiger partial charge in [0.1, 0.15) is 0 Å². The largest absolute Gasteiger partial charge is 0.256 e. The van der Waals surface area contributed by atoms with Crippen molar-refractivity contribution in [3.05, 3.63) is 65.9 Å². The van der Waals surface area contributed by atoms with Crippen LogP contribution in [0.2, 0.25) is 0 Å². The van der Waals surface area contributed by atoms with Crippen molar-refractivity contribution in [3.63, 3.8) is 0 Å². The summed E-state index contributed by atoms with van der Waals surface area (Å²) in [7, 11) is 0. The van der Waals surface area contributed by atoms with E-state index in [1.807, 2.05) is 6.20 Å². The molecule has 3 aromatic rings. The number of benzene rings is 2. The number of rotatable bonds is 6. The summed E-state index contributed by atoms with van der Waals surface area (Å²) in [5.41, 5.74) is 4.96. The molecule has 0 spiro atoms. The van der Waals surface area contributed by atoms with Gasteiger partial charge in [0.25, 0.3) is 0 Å². The molecule has 23 heavy (non-hydrogen) atoms. The summed E-state index contributed by atoms with van der Waals surface area (Å²) in [6.07, 6.45) is 8.35. The summed E-state index contributed by atoms with van der Waals surface area (Å²) in [5.74, 6) is 0. The van der Waals surface area contributed by atoms with E-state index in [4.69, 9.17) is 0 Å². The van der Waals surface area contributed by atoms with Gasteiger partial charge in [-0.05, 0) is 47.7 Å². The molecule has 1 heteroatoms. The summed E-state index contributed by atoms with van der Waals surface area (Å²) in [4.78, 5) is 4.61. The number of aryl methyl sites for hydroxylation is 2. The van der Waals surface area contributed by atoms with Crippen molar-refractivity contribution in [1.29, 1.82) is 0 Å². The predicted octanol–water partition coefficient (Wildman–Crippen LogP) is 6.33. The lowest BCUT2D eigenvalue weighted by Gasteiger charge is -2.11. The first-order valence-corrected chi connectivity index (χ1v) is 8.73. The fourth-order valence-corrected chi connectivity index (χ4v) is 3.17. The van der Waals surface area contributed by atoms with E-state index in [1.165, 1.54) is 59.6 Å². The smallest absolute Gasteiger partial charge is 0.0708 e. The van der Waals surface area contributed by atoms with E-state index in [2.05, 4.69) is 67.4 Å². The number of hydrogen-bond donors (Lipinski definition) is 0. The fraction of sp³-hybridized carbons (Fsp3) is 0.318. The van der Waals surface area contributed by atoms with Crippen LogP contribution in [-0.2, 0) is 6.42 Å². The molecule has 3 rings (SSSR count). The summed E-state index contributed by atoms with van der Waals surface area (Å²) >= 11 is 0. The third-order valence-electron chi connectivity index (χ3n) is 4.50. The summed E-state index contributed by atoms with van der Waals surface area (Å²) in [6.45, 7) is 4.34. The molecule has 118 valence electrons. The highest BCUT2D eigenvalue weighted by molar-refractivity contribution is 5.97. The molecule has 1 aromatic heterocycles. The molecular weight excluding hydrogens is 278 g/mol. The van der Waals surface area contributed by atoms with Crippen LogP contribution in [0.1, 0.15) is 43.7 Å². The second-order valence-electron chi connectivity index (χ2n) is 6.35. The second-order valence-corrected chi connectivity index (χ2v) is 6.35. The highest BCUT2D eigenvalue weighted by atomic mass is 14.7. The lowest BCUT2D eigenvalue weighted by molar-refractivity contribution is 0.668. The predicted molar refractivity (Wildman–Crippen MR) is 99.8 cm³/mol. The van der Waals surface area contributed by atoms with E-state index in [-0.39, 0.29) is 0 Å². The first kappa shape index (κ1) is 15.7. The van der Waals surface area contributed by atoms with Gasteiger partial charge in [0.05, 0.1) is 5.69 Å². The van der Waals surface area contributed by atoms with Crippen LogP contribution in [0.15, 0.2) is 54.7 Å². The van der Waals surface area contributed by atoms with Crippen molar-refractivity contribution < 1.29 is 0 Å². The number of unbranched alkanes of at least 4 members (excludes halogenated alkanes) is 3. The van der Waals surface area contributed by atoms with Gasteiger partial charge in [-0.2, -0.15) is 0 Å². The van der Waals surface area contributed by atoms with Crippen molar-refractivity contribution in [1.82, 2.24) is 4.98 Å². The van der Waals surface area contributed by atoms with Crippen LogP contribution in [0.3, 0.4) is 0 Å². The number of nitrogens with zero attached hydrogens (tertiary/aromatic N) is 1. The van der Waals surface area contributed by atoms with E-state index in [1.54, 1.807) is 0 Å². The van der Waals surface area contributed by atoms with Gasteiger partial charge in [0, 0.05) is 11.8 Å². The number of pyridine rings is 1. The molecule has 0 saturated carbocycles. The van der Waals surface area contributed by atoms with E-state index < -0.39 is 0 Å². The highest BCUT2D eigenvalue weighted by Gasteiger charge is 2.08. The molecule has 0 aliphatic carbocycles. The SMILES string of the molecule is CCCCCCc1ccc(-c2ccc(C)cn2)c2ccccc12. The zero-order valence-corrected chi connectivity index (χ0v) is 14.2. The van der Waals surface area contributed by atoms with Gasteiger partial charge in [0.15, 0.2) is 0 Å². The number of aromatic nitrogens is 1. The third kappa shape index (κ3) is 3.61. The highest BCUT2D eigenvalue weighted by Crippen LogP contribution is 2.30. The van der Waals surface area contributed by atoms with Crippen molar-refractivity contribution in [3.8, 4) is 11.3 Å². The minimum Gasteiger partial charge on any atom is -0.256 e. The van der Waals surface area contributed by atoms with Gasteiger partial charge in [-0.3, -0.25) is 4.98 Å². The van der Waals surface area contributed by atoms with Crippen LogP contribution >= 0.6 is 0 Å². The van der Waals surface area contributed by atoms with Crippen LogP contribution < -0.4 is 0 Å². The standard InChI is InChI=1S/C22H25N/c1-3-4-5-6-9-18-13-14-21(20-11-8-7-10-19(18)20)22-15-12-17(2)16-23-22/h7-8,10-16H,3-6,9H2,1-2H3. The molecule has 0 radical (unpaired) electrons. The molecule has 0 aliphatic rings. The molecule has 0 bridgehead atoms. The van der Waals surface area contributed by atoms with Crippen LogP contribution in [0.5, 0.6) is 0 Å². The zero-order valence-electron chi connectivity index (χ0n) is 14.2. The Kier molecular flexibility index (Phi) is 5.07. The molecule has 2 aromatic carbocycles. The van der Waals surface area contributed by atoms with Crippen LogP contribution in [0.4, 0.5) is 0 Å². The lowest BCUT2D eigenvalue weighted by Crippen LogP contribution is -1.92. The van der Waals surface area contributed by atoms with E-state index in [0.717, 1.165) is 5.69 Å². The monoisotopic (exact) mass is 303 g/mol. The van der Waals surface area contributed by atoms with Crippen molar-refractivity contribution in [2.75, 3.05) is 0 Å². The van der Waals surface area contributed by atoms with Gasteiger partial charge in [-0.25, -0.2) is 0 Å². The minimum absolute atomic E-state index is 1.06. The summed E-state index contributed by atoms with van der Waals surface area (Å²) < 4.78 is 0. The molecule has 0 fully saturated rings. The van der Waals surface area contributed by atoms with Gasteiger partial charge in [-0.15, -0.1) is 0 Å². The molecular formula is C22H25N. The van der Waals surface area contributed by atoms with Crippen LogP contribution in [0.25, 0.3) is 22.0 Å². The molecule has 0 saturated heterocycles. The zero-order chi connectivity index (χ0) is 16.1. The van der Waals surface area contributed by atoms with Gasteiger partial charge >= 0.3 is 0 Å². The average molecular weight is 303 g/mol. The van der Waals surface area contributed by atoms with Gasteiger partial charge in [0.2, 0.25) is 0 Å². The van der Waals surface area contributed by atoms with Crippen LogP contribution in [0, 0.1) is 6.92 Å². The van der Waals surface area contributed by atoms with E-state index >= 15 is 0 Å². The second kappa shape index (κ2) is 7.41. The van der Waals surface area contributed by atoms with E-state index in [0.29, 0.717) is 0 Å². The van der Waals surface area contributed by atoms with E-state index in [9.17, 15) is 0 Å². The Hall–Kier alpha value is -2.15. The Morgan fingerprint density at radius 2 is 1.65 bits per heavy atom. The topological polar surface area (TPSA) is 12.9 Å².